The fourth-order valence-electron chi connectivity index (χ4n) is 0.999. The van der Waals surface area contributed by atoms with Crippen LogP contribution in [0.1, 0.15) is 24.4 Å². The van der Waals surface area contributed by atoms with E-state index in [1.165, 1.54) is 6.92 Å². The van der Waals surface area contributed by atoms with Gasteiger partial charge in [0.25, 0.3) is 0 Å². The van der Waals surface area contributed by atoms with Gasteiger partial charge in [-0.2, -0.15) is 0 Å². The Labute approximate surface area is 89.1 Å². The van der Waals surface area contributed by atoms with Gasteiger partial charge < -0.3 is 5.11 Å². The van der Waals surface area contributed by atoms with Crippen molar-refractivity contribution in [3.63, 3.8) is 0 Å². The number of hydrogen-bond acceptors (Lipinski definition) is 5. The van der Waals surface area contributed by atoms with Gasteiger partial charge in [-0.3, -0.25) is 0 Å². The van der Waals surface area contributed by atoms with Crippen LogP contribution < -0.4 is 0 Å². The lowest BCUT2D eigenvalue weighted by Crippen LogP contribution is -2.25. The quantitative estimate of drug-likeness (QED) is 0.805. The smallest absolute Gasteiger partial charge is 0.158 e. The molecule has 5 nitrogen and oxygen atoms in total. The summed E-state index contributed by atoms with van der Waals surface area (Å²) in [6.45, 7) is 3.25. The van der Waals surface area contributed by atoms with Crippen molar-refractivity contribution < 1.29 is 13.5 Å². The van der Waals surface area contributed by atoms with Crippen LogP contribution in [0.4, 0.5) is 0 Å². The molecule has 1 aromatic heterocycles. The molecule has 0 radical (unpaired) electrons. The Kier molecular flexibility index (Phi) is 3.41. The second-order valence-corrected chi connectivity index (χ2v) is 6.00. The minimum atomic E-state index is -3.29. The van der Waals surface area contributed by atoms with Crippen LogP contribution in [-0.4, -0.2) is 35.0 Å². The molecule has 0 fully saturated rings. The molecular weight excluding hydrogens is 216 g/mol. The molecule has 6 heteroatoms. The van der Waals surface area contributed by atoms with Crippen LogP contribution in [0.2, 0.25) is 0 Å². The lowest BCUT2D eigenvalue weighted by molar-refractivity contribution is 0.166. The Morgan fingerprint density at radius 3 is 2.20 bits per heavy atom. The second-order valence-electron chi connectivity index (χ2n) is 3.60. The van der Waals surface area contributed by atoms with E-state index in [1.54, 1.807) is 12.4 Å². The number of aliphatic hydroxyl groups is 1. The van der Waals surface area contributed by atoms with Gasteiger partial charge in [-0.1, -0.05) is 0 Å². The number of aryl methyl sites for hydroxylation is 1. The monoisotopic (exact) mass is 230 g/mol. The van der Waals surface area contributed by atoms with Crippen molar-refractivity contribution in [2.75, 3.05) is 6.26 Å². The Hall–Kier alpha value is -1.01. The number of nitrogens with zero attached hydrogens (tertiary/aromatic N) is 2. The molecule has 1 N–H and O–H groups in total. The van der Waals surface area contributed by atoms with Crippen LogP contribution in [0.25, 0.3) is 0 Å². The molecule has 0 bridgehead atoms. The van der Waals surface area contributed by atoms with Gasteiger partial charge in [0.05, 0.1) is 5.25 Å². The fourth-order valence-corrected chi connectivity index (χ4v) is 1.59. The van der Waals surface area contributed by atoms with Gasteiger partial charge in [0.2, 0.25) is 0 Å². The van der Waals surface area contributed by atoms with Gasteiger partial charge in [0.1, 0.15) is 6.10 Å². The average molecular weight is 230 g/mol. The Balaban J connectivity index is 2.95. The highest BCUT2D eigenvalue weighted by atomic mass is 32.2. The summed E-state index contributed by atoms with van der Waals surface area (Å²) in [5.41, 5.74) is 0.859. The van der Waals surface area contributed by atoms with Crippen LogP contribution in [-0.2, 0) is 9.84 Å². The molecule has 15 heavy (non-hydrogen) atoms. The van der Waals surface area contributed by atoms with Crippen molar-refractivity contribution in [3.05, 3.63) is 23.8 Å². The Bertz CT molecular complexity index is 427. The molecule has 0 aromatic carbocycles. The van der Waals surface area contributed by atoms with E-state index in [9.17, 15) is 13.5 Å². The maximum absolute atomic E-state index is 11.2. The zero-order chi connectivity index (χ0) is 11.6. The van der Waals surface area contributed by atoms with E-state index in [-0.39, 0.29) is 5.82 Å². The molecule has 0 saturated carbocycles. The lowest BCUT2D eigenvalue weighted by atomic mass is 10.2. The zero-order valence-corrected chi connectivity index (χ0v) is 9.69. The summed E-state index contributed by atoms with van der Waals surface area (Å²) < 4.78 is 22.4. The van der Waals surface area contributed by atoms with Crippen molar-refractivity contribution in [2.24, 2.45) is 0 Å². The first-order valence-corrected chi connectivity index (χ1v) is 6.43. The average Bonchev–Trinajstić information content (AvgIpc) is 2.15. The van der Waals surface area contributed by atoms with E-state index >= 15 is 0 Å². The predicted molar refractivity (Wildman–Crippen MR) is 56.0 cm³/mol. The summed E-state index contributed by atoms with van der Waals surface area (Å²) in [5, 5.41) is 8.81. The van der Waals surface area contributed by atoms with Crippen molar-refractivity contribution in [3.8, 4) is 0 Å². The summed E-state index contributed by atoms with van der Waals surface area (Å²) in [7, 11) is -3.29. The lowest BCUT2D eigenvalue weighted by Gasteiger charge is -2.15. The molecule has 0 aliphatic carbocycles. The molecule has 0 aliphatic rings. The van der Waals surface area contributed by atoms with Crippen LogP contribution >= 0.6 is 0 Å². The molecule has 2 atom stereocenters. The van der Waals surface area contributed by atoms with Gasteiger partial charge in [-0.25, -0.2) is 18.4 Å². The molecule has 84 valence electrons. The maximum Gasteiger partial charge on any atom is 0.158 e. The highest BCUT2D eigenvalue weighted by Gasteiger charge is 2.27. The maximum atomic E-state index is 11.2. The van der Waals surface area contributed by atoms with Crippen LogP contribution in [0.15, 0.2) is 12.4 Å². The molecule has 1 heterocycles. The third-order valence-electron chi connectivity index (χ3n) is 2.19. The van der Waals surface area contributed by atoms with Crippen molar-refractivity contribution in [1.82, 2.24) is 9.97 Å². The SMILES string of the molecule is Cc1cnc([C@H](O)[C@@H](C)S(C)(=O)=O)nc1. The second kappa shape index (κ2) is 4.24. The summed E-state index contributed by atoms with van der Waals surface area (Å²) in [4.78, 5) is 7.77. The van der Waals surface area contributed by atoms with E-state index in [2.05, 4.69) is 9.97 Å². The normalized spacial score (nSPS) is 16.0. The van der Waals surface area contributed by atoms with Gasteiger partial charge in [-0.05, 0) is 19.4 Å². The predicted octanol–water partition coefficient (Wildman–Crippen LogP) is 0.252. The number of sulfone groups is 1. The van der Waals surface area contributed by atoms with E-state index in [1.807, 2.05) is 6.92 Å². The summed E-state index contributed by atoms with van der Waals surface area (Å²) in [6, 6.07) is 0. The molecule has 0 unspecified atom stereocenters. The molecule has 0 amide bonds. The van der Waals surface area contributed by atoms with Crippen molar-refractivity contribution in [2.45, 2.75) is 25.2 Å². The Morgan fingerprint density at radius 2 is 1.80 bits per heavy atom. The van der Waals surface area contributed by atoms with Crippen LogP contribution in [0.3, 0.4) is 0 Å². The molecule has 0 saturated heterocycles. The van der Waals surface area contributed by atoms with Gasteiger partial charge in [0.15, 0.2) is 15.7 Å². The minimum absolute atomic E-state index is 0.138. The molecular formula is C9H14N2O3S. The number of aliphatic hydroxyl groups excluding tert-OH is 1. The summed E-state index contributed by atoms with van der Waals surface area (Å²) in [5.74, 6) is 0.138. The zero-order valence-electron chi connectivity index (χ0n) is 8.88. The van der Waals surface area contributed by atoms with E-state index in [4.69, 9.17) is 0 Å². The van der Waals surface area contributed by atoms with Gasteiger partial charge in [-0.15, -0.1) is 0 Å². The van der Waals surface area contributed by atoms with Gasteiger partial charge in [0, 0.05) is 18.6 Å². The molecule has 0 spiro atoms. The van der Waals surface area contributed by atoms with Crippen molar-refractivity contribution in [1.29, 1.82) is 0 Å². The number of rotatable bonds is 3. The highest BCUT2D eigenvalue weighted by Crippen LogP contribution is 2.17. The summed E-state index contributed by atoms with van der Waals surface area (Å²) >= 11 is 0. The Morgan fingerprint density at radius 1 is 1.33 bits per heavy atom. The van der Waals surface area contributed by atoms with Crippen LogP contribution in [0.5, 0.6) is 0 Å². The highest BCUT2D eigenvalue weighted by molar-refractivity contribution is 7.91. The number of hydrogen-bond donors (Lipinski definition) is 1. The minimum Gasteiger partial charge on any atom is -0.384 e. The van der Waals surface area contributed by atoms with Crippen molar-refractivity contribution >= 4 is 9.84 Å². The molecule has 0 aliphatic heterocycles. The summed E-state index contributed by atoms with van der Waals surface area (Å²) in [6.07, 6.45) is 2.98. The molecule has 1 rings (SSSR count). The first-order valence-electron chi connectivity index (χ1n) is 4.48. The third-order valence-corrected chi connectivity index (χ3v) is 3.79. The standard InChI is InChI=1S/C9H14N2O3S/c1-6-4-10-9(11-5-6)8(12)7(2)15(3,13)14/h4-5,7-8,12H,1-3H3/t7-,8-/m1/s1. The number of aromatic nitrogens is 2. The first kappa shape index (κ1) is 12.1. The van der Waals surface area contributed by atoms with E-state index in [0.29, 0.717) is 0 Å². The third kappa shape index (κ3) is 2.97. The topological polar surface area (TPSA) is 80.2 Å². The fraction of sp³-hybridized carbons (Fsp3) is 0.556. The van der Waals surface area contributed by atoms with E-state index in [0.717, 1.165) is 11.8 Å². The van der Waals surface area contributed by atoms with Crippen LogP contribution in [0, 0.1) is 6.92 Å². The van der Waals surface area contributed by atoms with Gasteiger partial charge >= 0.3 is 0 Å². The molecule has 1 aromatic rings. The first-order chi connectivity index (χ1) is 6.82. The van der Waals surface area contributed by atoms with E-state index < -0.39 is 21.2 Å². The largest absolute Gasteiger partial charge is 0.384 e.